The summed E-state index contributed by atoms with van der Waals surface area (Å²) in [6.07, 6.45) is -2.59. The second-order valence-electron chi connectivity index (χ2n) is 9.86. The number of hydrogen-bond donors (Lipinski definition) is 5. The molecule has 216 valence electrons. The normalized spacial score (nSPS) is 32.1. The van der Waals surface area contributed by atoms with Crippen molar-refractivity contribution < 1.29 is 38.6 Å². The third-order valence-electron chi connectivity index (χ3n) is 7.52. The van der Waals surface area contributed by atoms with Crippen LogP contribution in [0.25, 0.3) is 22.3 Å². The van der Waals surface area contributed by atoms with Crippen LogP contribution in [-0.4, -0.2) is 100 Å². The quantitative estimate of drug-likeness (QED) is 0.160. The molecular weight excluding hydrogens is 605 g/mol. The fraction of sp³-hybridized carbons (Fsp3) is 0.500. The summed E-state index contributed by atoms with van der Waals surface area (Å²) in [7, 11) is -4.90. The Morgan fingerprint density at radius 2 is 1.73 bits per heavy atom. The van der Waals surface area contributed by atoms with Gasteiger partial charge in [0.15, 0.2) is 45.3 Å². The number of nitrogen functional groups attached to an aromatic ring is 1. The lowest BCUT2D eigenvalue weighted by molar-refractivity contribution is -0.0448. The molecule has 6 N–H and O–H groups in total. The van der Waals surface area contributed by atoms with E-state index in [1.807, 2.05) is 0 Å². The fourth-order valence-electron chi connectivity index (χ4n) is 5.84. The monoisotopic (exact) mass is 625 g/mol. The Morgan fingerprint density at radius 3 is 2.51 bits per heavy atom. The number of nitrogens with zero attached hydrogens (tertiary/aromatic N) is 8. The Morgan fingerprint density at radius 1 is 1.02 bits per heavy atom. The van der Waals surface area contributed by atoms with Gasteiger partial charge in [0.2, 0.25) is 0 Å². The molecule has 8 heterocycles. The van der Waals surface area contributed by atoms with E-state index < -0.39 is 62.1 Å². The molecule has 8 unspecified atom stereocenters. The number of aliphatic hydroxyl groups is 2. The molecule has 8 atom stereocenters. The highest BCUT2D eigenvalue weighted by molar-refractivity contribution is 8.00. The second-order valence-corrected chi connectivity index (χ2v) is 13.3. The summed E-state index contributed by atoms with van der Waals surface area (Å²) < 4.78 is 33.9. The molecule has 8 rings (SSSR count). The van der Waals surface area contributed by atoms with E-state index in [-0.39, 0.29) is 23.1 Å². The van der Waals surface area contributed by atoms with E-state index in [9.17, 15) is 29.4 Å². The largest absolute Gasteiger partial charge is 0.469 e. The van der Waals surface area contributed by atoms with Gasteiger partial charge in [-0.25, -0.2) is 24.5 Å². The van der Waals surface area contributed by atoms with E-state index in [0.29, 0.717) is 27.1 Å². The van der Waals surface area contributed by atoms with Crippen LogP contribution in [0.4, 0.5) is 5.82 Å². The molecule has 4 aromatic rings. The van der Waals surface area contributed by atoms with Crippen molar-refractivity contribution in [2.45, 2.75) is 64.2 Å². The number of thioether (sulfide) groups is 2. The Hall–Kier alpha value is -2.65. The van der Waals surface area contributed by atoms with E-state index >= 15 is 0 Å². The van der Waals surface area contributed by atoms with Crippen molar-refractivity contribution in [3.8, 4) is 0 Å². The Labute approximate surface area is 236 Å². The first kappa shape index (κ1) is 26.0. The molecule has 0 aromatic carbocycles. The molecule has 21 heteroatoms. The number of phosphoric acid groups is 1. The van der Waals surface area contributed by atoms with E-state index in [1.165, 1.54) is 24.4 Å². The molecule has 0 bridgehead atoms. The van der Waals surface area contributed by atoms with Crippen LogP contribution in [0.5, 0.6) is 0 Å². The zero-order valence-electron chi connectivity index (χ0n) is 20.4. The molecule has 0 spiro atoms. The van der Waals surface area contributed by atoms with Crippen molar-refractivity contribution in [1.29, 1.82) is 0 Å². The van der Waals surface area contributed by atoms with E-state index in [1.54, 1.807) is 13.7 Å². The molecule has 18 nitrogen and oxygen atoms in total. The third kappa shape index (κ3) is 3.76. The highest BCUT2D eigenvalue weighted by atomic mass is 32.2. The van der Waals surface area contributed by atoms with Gasteiger partial charge in [-0.3, -0.25) is 18.5 Å². The predicted molar refractivity (Wildman–Crippen MR) is 139 cm³/mol. The average Bonchev–Trinajstić information content (AvgIpc) is 3.72. The summed E-state index contributed by atoms with van der Waals surface area (Å²) in [4.78, 5) is 52.7. The van der Waals surface area contributed by atoms with Gasteiger partial charge in [-0.1, -0.05) is 23.5 Å². The first-order chi connectivity index (χ1) is 19.6. The lowest BCUT2D eigenvalue weighted by atomic mass is 10.1. The number of phosphoric ester groups is 1. The molecule has 0 radical (unpaired) electrons. The van der Waals surface area contributed by atoms with Crippen LogP contribution in [0, 0.1) is 0 Å². The summed E-state index contributed by atoms with van der Waals surface area (Å²) in [5.41, 5.74) is 6.69. The zero-order chi connectivity index (χ0) is 28.4. The second kappa shape index (κ2) is 8.93. The summed E-state index contributed by atoms with van der Waals surface area (Å²) >= 11 is 2.47. The van der Waals surface area contributed by atoms with Crippen molar-refractivity contribution in [3.63, 3.8) is 0 Å². The lowest BCUT2D eigenvalue weighted by Crippen LogP contribution is -2.33. The molecule has 4 aromatic heterocycles. The van der Waals surface area contributed by atoms with Crippen molar-refractivity contribution >= 4 is 59.5 Å². The number of aromatic nitrogens is 8. The molecular formula is C20H20N9O9PS2. The number of fused-ring (bicyclic) bond motifs is 10. The summed E-state index contributed by atoms with van der Waals surface area (Å²) in [6.45, 7) is -0.463. The molecule has 2 fully saturated rings. The first-order valence-corrected chi connectivity index (χ1v) is 15.5. The Bertz CT molecular complexity index is 1840. The smallest absolute Gasteiger partial charge is 0.394 e. The lowest BCUT2D eigenvalue weighted by Gasteiger charge is -2.20. The van der Waals surface area contributed by atoms with E-state index in [4.69, 9.17) is 19.7 Å². The van der Waals surface area contributed by atoms with Gasteiger partial charge in [-0.15, -0.1) is 0 Å². The van der Waals surface area contributed by atoms with Crippen molar-refractivity contribution in [1.82, 2.24) is 38.6 Å². The molecule has 0 saturated carbocycles. The van der Waals surface area contributed by atoms with Crippen LogP contribution >= 0.6 is 31.3 Å². The summed E-state index contributed by atoms with van der Waals surface area (Å²) in [6, 6.07) is 0. The summed E-state index contributed by atoms with van der Waals surface area (Å²) in [5.74, 6) is 0.239. The topological polar surface area (TPSA) is 248 Å². The zero-order valence-corrected chi connectivity index (χ0v) is 23.0. The molecule has 4 aliphatic heterocycles. The van der Waals surface area contributed by atoms with Crippen LogP contribution in [0.15, 0.2) is 27.8 Å². The maximum absolute atomic E-state index is 12.7. The van der Waals surface area contributed by atoms with Gasteiger partial charge in [-0.2, -0.15) is 4.98 Å². The third-order valence-corrected chi connectivity index (χ3v) is 10.6. The van der Waals surface area contributed by atoms with Gasteiger partial charge < -0.3 is 39.8 Å². The van der Waals surface area contributed by atoms with Crippen LogP contribution < -0.4 is 11.3 Å². The number of rotatable bonds is 5. The van der Waals surface area contributed by atoms with Crippen LogP contribution in [0.3, 0.4) is 0 Å². The molecule has 41 heavy (non-hydrogen) atoms. The highest BCUT2D eigenvalue weighted by Crippen LogP contribution is 2.54. The molecule has 0 aliphatic carbocycles. The minimum absolute atomic E-state index is 0.0501. The SMILES string of the molecule is Nc1ncnc2c1nc1n2C2OC(Cn3cnc(=O)c4nc5n(c43)C3OC(CO)C(OP(=O)(O)O)C3S5)C(O)C2S1. The van der Waals surface area contributed by atoms with E-state index in [2.05, 4.69) is 24.9 Å². The number of ether oxygens (including phenoxy) is 2. The molecule has 0 amide bonds. The maximum atomic E-state index is 12.7. The molecule has 4 aliphatic rings. The van der Waals surface area contributed by atoms with Crippen LogP contribution in [-0.2, 0) is 25.1 Å². The maximum Gasteiger partial charge on any atom is 0.469 e. The van der Waals surface area contributed by atoms with Gasteiger partial charge in [0, 0.05) is 0 Å². The minimum atomic E-state index is -4.90. The number of imidazole rings is 2. The highest BCUT2D eigenvalue weighted by Gasteiger charge is 2.55. The standard InChI is InChI=1S/C20H20N9O9PS2/c21-13-7-14(23-3-22-13)28-17-11(40-19(28)25-7)9(31)5(36-17)1-27-4-24-15(32)8-16(27)29-18-12(41-20(29)26-8)10(6(2-30)37-18)38-39(33,34)35/h3-6,9-12,17-18,30-31H,1-2H2,(H2,21,22,23)(H2,33,34,35). The van der Waals surface area contributed by atoms with E-state index in [0.717, 1.165) is 11.8 Å². The molecule has 2 saturated heterocycles. The first-order valence-electron chi connectivity index (χ1n) is 12.3. The number of nitrogens with two attached hydrogens (primary N) is 1. The number of hydrogen-bond acceptors (Lipinski definition) is 15. The fourth-order valence-corrected chi connectivity index (χ4v) is 9.17. The predicted octanol–water partition coefficient (Wildman–Crippen LogP) is -1.41. The minimum Gasteiger partial charge on any atom is -0.394 e. The van der Waals surface area contributed by atoms with Gasteiger partial charge in [0.1, 0.15) is 36.6 Å². The van der Waals surface area contributed by atoms with Gasteiger partial charge in [0.25, 0.3) is 0 Å². The summed E-state index contributed by atoms with van der Waals surface area (Å²) in [5, 5.41) is 21.0. The average molecular weight is 626 g/mol. The van der Waals surface area contributed by atoms with Gasteiger partial charge in [-0.05, 0) is 0 Å². The van der Waals surface area contributed by atoms with Crippen molar-refractivity contribution in [2.24, 2.45) is 0 Å². The van der Waals surface area contributed by atoms with Gasteiger partial charge >= 0.3 is 13.4 Å². The number of anilines is 1. The Kier molecular flexibility index (Phi) is 5.66. The van der Waals surface area contributed by atoms with Gasteiger partial charge in [0.05, 0.1) is 29.8 Å². The van der Waals surface area contributed by atoms with Crippen molar-refractivity contribution in [3.05, 3.63) is 23.0 Å². The Balaban J connectivity index is 1.14. The number of aliphatic hydroxyl groups excluding tert-OH is 2. The van der Waals surface area contributed by atoms with Crippen LogP contribution in [0.1, 0.15) is 12.5 Å². The van der Waals surface area contributed by atoms with Crippen molar-refractivity contribution in [2.75, 3.05) is 12.3 Å². The van der Waals surface area contributed by atoms with Crippen LogP contribution in [0.2, 0.25) is 0 Å².